The first-order valence-electron chi connectivity index (χ1n) is 8.48. The molecule has 0 aliphatic carbocycles. The third kappa shape index (κ3) is 4.25. The lowest BCUT2D eigenvalue weighted by Crippen LogP contribution is -2.23. The maximum atomic E-state index is 12.6. The molecular formula is C21H19ClN2O3S. The van der Waals surface area contributed by atoms with E-state index in [4.69, 9.17) is 11.6 Å². The second-order valence-electron chi connectivity index (χ2n) is 6.33. The predicted molar refractivity (Wildman–Crippen MR) is 112 cm³/mol. The number of hydrogen-bond donors (Lipinski definition) is 1. The van der Waals surface area contributed by atoms with E-state index in [-0.39, 0.29) is 15.5 Å². The van der Waals surface area contributed by atoms with Gasteiger partial charge >= 0.3 is 0 Å². The Kier molecular flexibility index (Phi) is 5.84. The third-order valence-corrected chi connectivity index (χ3v) is 6.35. The second kappa shape index (κ2) is 8.14. The van der Waals surface area contributed by atoms with Crippen LogP contribution in [0.1, 0.15) is 10.4 Å². The van der Waals surface area contributed by atoms with Gasteiger partial charge in [0.15, 0.2) is 0 Å². The Bertz CT molecular complexity index is 1100. The van der Waals surface area contributed by atoms with Crippen LogP contribution in [0, 0.1) is 0 Å². The molecule has 1 amide bonds. The Hall–Kier alpha value is -2.67. The van der Waals surface area contributed by atoms with Crippen LogP contribution in [0.25, 0.3) is 11.1 Å². The molecule has 0 aliphatic rings. The topological polar surface area (TPSA) is 66.5 Å². The summed E-state index contributed by atoms with van der Waals surface area (Å²) in [6, 6.07) is 21.3. The number of carbonyl (C=O) groups is 1. The Morgan fingerprint density at radius 3 is 2.11 bits per heavy atom. The average molecular weight is 415 g/mol. The van der Waals surface area contributed by atoms with Gasteiger partial charge in [0.25, 0.3) is 5.91 Å². The SMILES string of the molecule is CN(C)S(=O)(=O)c1ccc(Cl)c(C(=O)Nc2ccc(-c3ccccc3)cc2)c1. The molecule has 0 unspecified atom stereocenters. The number of halogens is 1. The minimum Gasteiger partial charge on any atom is -0.322 e. The molecule has 0 heterocycles. The maximum absolute atomic E-state index is 12.6. The number of carbonyl (C=O) groups excluding carboxylic acids is 1. The van der Waals surface area contributed by atoms with Crippen molar-refractivity contribution in [1.29, 1.82) is 0 Å². The lowest BCUT2D eigenvalue weighted by Gasteiger charge is -2.13. The summed E-state index contributed by atoms with van der Waals surface area (Å²) in [6.07, 6.45) is 0. The van der Waals surface area contributed by atoms with E-state index >= 15 is 0 Å². The van der Waals surface area contributed by atoms with Gasteiger partial charge in [-0.1, -0.05) is 54.1 Å². The van der Waals surface area contributed by atoms with E-state index in [1.165, 1.54) is 32.3 Å². The van der Waals surface area contributed by atoms with Crippen LogP contribution in [0.15, 0.2) is 77.7 Å². The first-order chi connectivity index (χ1) is 13.3. The molecule has 3 rings (SSSR count). The normalized spacial score (nSPS) is 11.4. The molecule has 0 saturated heterocycles. The molecule has 0 fully saturated rings. The molecule has 0 aliphatic heterocycles. The van der Waals surface area contributed by atoms with Gasteiger partial charge in [-0.05, 0) is 41.5 Å². The fourth-order valence-electron chi connectivity index (χ4n) is 2.62. The highest BCUT2D eigenvalue weighted by Gasteiger charge is 2.20. The van der Waals surface area contributed by atoms with Gasteiger partial charge in [0.1, 0.15) is 0 Å². The molecule has 7 heteroatoms. The Balaban J connectivity index is 1.83. The molecule has 3 aromatic carbocycles. The van der Waals surface area contributed by atoms with Gasteiger partial charge in [-0.25, -0.2) is 12.7 Å². The van der Waals surface area contributed by atoms with Crippen LogP contribution in [0.4, 0.5) is 5.69 Å². The summed E-state index contributed by atoms with van der Waals surface area (Å²) < 4.78 is 25.7. The molecule has 3 aromatic rings. The van der Waals surface area contributed by atoms with Crippen molar-refractivity contribution < 1.29 is 13.2 Å². The highest BCUT2D eigenvalue weighted by Crippen LogP contribution is 2.25. The molecule has 0 aromatic heterocycles. The number of nitrogens with zero attached hydrogens (tertiary/aromatic N) is 1. The summed E-state index contributed by atoms with van der Waals surface area (Å²) in [5, 5.41) is 2.93. The van der Waals surface area contributed by atoms with Crippen molar-refractivity contribution in [3.05, 3.63) is 83.4 Å². The maximum Gasteiger partial charge on any atom is 0.257 e. The molecule has 0 saturated carbocycles. The van der Waals surface area contributed by atoms with E-state index in [1.807, 2.05) is 42.5 Å². The first-order valence-corrected chi connectivity index (χ1v) is 10.3. The monoisotopic (exact) mass is 414 g/mol. The van der Waals surface area contributed by atoms with Crippen LogP contribution in [-0.4, -0.2) is 32.7 Å². The first kappa shape index (κ1) is 20.1. The van der Waals surface area contributed by atoms with Gasteiger partial charge in [0.05, 0.1) is 15.5 Å². The van der Waals surface area contributed by atoms with Crippen molar-refractivity contribution in [2.45, 2.75) is 4.90 Å². The predicted octanol–water partition coefficient (Wildman–Crippen LogP) is 4.51. The van der Waals surface area contributed by atoms with Gasteiger partial charge < -0.3 is 5.32 Å². The molecule has 28 heavy (non-hydrogen) atoms. The number of nitrogens with one attached hydrogen (secondary N) is 1. The lowest BCUT2D eigenvalue weighted by atomic mass is 10.1. The molecule has 1 N–H and O–H groups in total. The van der Waals surface area contributed by atoms with E-state index in [0.29, 0.717) is 5.69 Å². The minimum absolute atomic E-state index is 0.00600. The van der Waals surface area contributed by atoms with E-state index in [2.05, 4.69) is 5.32 Å². The smallest absolute Gasteiger partial charge is 0.257 e. The van der Waals surface area contributed by atoms with Crippen LogP contribution in [-0.2, 0) is 10.0 Å². The van der Waals surface area contributed by atoms with Gasteiger partial charge in [-0.15, -0.1) is 0 Å². The van der Waals surface area contributed by atoms with Gasteiger partial charge in [0, 0.05) is 19.8 Å². The largest absolute Gasteiger partial charge is 0.322 e. The van der Waals surface area contributed by atoms with Crippen molar-refractivity contribution in [3.63, 3.8) is 0 Å². The second-order valence-corrected chi connectivity index (χ2v) is 8.89. The van der Waals surface area contributed by atoms with Gasteiger partial charge in [-0.2, -0.15) is 0 Å². The lowest BCUT2D eigenvalue weighted by molar-refractivity contribution is 0.102. The molecular weight excluding hydrogens is 396 g/mol. The molecule has 0 radical (unpaired) electrons. The summed E-state index contributed by atoms with van der Waals surface area (Å²) in [5.74, 6) is -0.478. The van der Waals surface area contributed by atoms with Crippen molar-refractivity contribution in [2.24, 2.45) is 0 Å². The standard InChI is InChI=1S/C21H19ClN2O3S/c1-24(2)28(26,27)18-12-13-20(22)19(14-18)21(25)23-17-10-8-16(9-11-17)15-6-4-3-5-7-15/h3-14H,1-2H3,(H,23,25). The fourth-order valence-corrected chi connectivity index (χ4v) is 3.76. The van der Waals surface area contributed by atoms with E-state index < -0.39 is 15.9 Å². The van der Waals surface area contributed by atoms with E-state index in [0.717, 1.165) is 15.4 Å². The highest BCUT2D eigenvalue weighted by atomic mass is 35.5. The summed E-state index contributed by atoms with van der Waals surface area (Å²) in [4.78, 5) is 12.6. The number of anilines is 1. The number of amides is 1. The highest BCUT2D eigenvalue weighted by molar-refractivity contribution is 7.89. The molecule has 5 nitrogen and oxygen atoms in total. The van der Waals surface area contributed by atoms with Crippen LogP contribution < -0.4 is 5.32 Å². The van der Waals surface area contributed by atoms with Crippen molar-refractivity contribution in [3.8, 4) is 11.1 Å². The van der Waals surface area contributed by atoms with Gasteiger partial charge in [0.2, 0.25) is 10.0 Å². The zero-order chi connectivity index (χ0) is 20.3. The summed E-state index contributed by atoms with van der Waals surface area (Å²) in [7, 11) is -0.807. The van der Waals surface area contributed by atoms with Crippen molar-refractivity contribution in [1.82, 2.24) is 4.31 Å². The fraction of sp³-hybridized carbons (Fsp3) is 0.0952. The molecule has 144 valence electrons. The molecule has 0 spiro atoms. The van der Waals surface area contributed by atoms with Crippen LogP contribution >= 0.6 is 11.6 Å². The molecule has 0 bridgehead atoms. The van der Waals surface area contributed by atoms with Crippen LogP contribution in [0.2, 0.25) is 5.02 Å². The Labute approximate surface area is 169 Å². The van der Waals surface area contributed by atoms with E-state index in [1.54, 1.807) is 12.1 Å². The number of sulfonamides is 1. The Morgan fingerprint density at radius 1 is 0.893 bits per heavy atom. The van der Waals surface area contributed by atoms with Crippen molar-refractivity contribution in [2.75, 3.05) is 19.4 Å². The van der Waals surface area contributed by atoms with Crippen LogP contribution in [0.3, 0.4) is 0 Å². The number of hydrogen-bond acceptors (Lipinski definition) is 3. The third-order valence-electron chi connectivity index (χ3n) is 4.21. The zero-order valence-corrected chi connectivity index (χ0v) is 17.0. The average Bonchev–Trinajstić information content (AvgIpc) is 2.69. The zero-order valence-electron chi connectivity index (χ0n) is 15.4. The minimum atomic E-state index is -3.66. The van der Waals surface area contributed by atoms with E-state index in [9.17, 15) is 13.2 Å². The molecule has 0 atom stereocenters. The summed E-state index contributed by atoms with van der Waals surface area (Å²) in [5.41, 5.74) is 2.78. The van der Waals surface area contributed by atoms with Gasteiger partial charge in [-0.3, -0.25) is 4.79 Å². The van der Waals surface area contributed by atoms with Crippen LogP contribution in [0.5, 0.6) is 0 Å². The number of rotatable bonds is 5. The summed E-state index contributed by atoms with van der Waals surface area (Å²) in [6.45, 7) is 0. The quantitative estimate of drug-likeness (QED) is 0.667. The summed E-state index contributed by atoms with van der Waals surface area (Å²) >= 11 is 6.12. The van der Waals surface area contributed by atoms with Crippen molar-refractivity contribution >= 4 is 33.2 Å². The Morgan fingerprint density at radius 2 is 1.50 bits per heavy atom. The number of benzene rings is 3.